The number of fused-ring (bicyclic) bond motifs is 1. The highest BCUT2D eigenvalue weighted by atomic mass is 35.5. The van der Waals surface area contributed by atoms with Crippen molar-refractivity contribution < 1.29 is 4.79 Å². The fourth-order valence-electron chi connectivity index (χ4n) is 3.18. The van der Waals surface area contributed by atoms with Crippen molar-refractivity contribution in [3.63, 3.8) is 0 Å². The number of likely N-dealkylation sites (tertiary alicyclic amines) is 1. The van der Waals surface area contributed by atoms with Crippen molar-refractivity contribution in [1.29, 1.82) is 0 Å². The summed E-state index contributed by atoms with van der Waals surface area (Å²) in [6.07, 6.45) is 3.23. The first-order chi connectivity index (χ1) is 12.1. The standard InChI is InChI=1S/C18H16ClN3O2S/c19-12-3-4-15-14(10-12)21-17(25-15)11-5-8-22(9-6-11)18(24)13-2-1-7-20-16(13)23/h1-4,7,10-11H,5-6,8-9H2,(H,20,23). The van der Waals surface area contributed by atoms with Gasteiger partial charge in [-0.3, -0.25) is 9.59 Å². The molecule has 25 heavy (non-hydrogen) atoms. The minimum absolute atomic E-state index is 0.198. The molecule has 1 N–H and O–H groups in total. The van der Waals surface area contributed by atoms with Gasteiger partial charge in [0.15, 0.2) is 0 Å². The number of H-pyrrole nitrogens is 1. The summed E-state index contributed by atoms with van der Waals surface area (Å²) in [5.41, 5.74) is 0.801. The number of halogens is 1. The molecule has 1 aliphatic heterocycles. The lowest BCUT2D eigenvalue weighted by Gasteiger charge is -2.31. The molecule has 0 saturated carbocycles. The van der Waals surface area contributed by atoms with Crippen LogP contribution in [0.25, 0.3) is 10.2 Å². The largest absolute Gasteiger partial charge is 0.338 e. The lowest BCUT2D eigenvalue weighted by Crippen LogP contribution is -2.40. The summed E-state index contributed by atoms with van der Waals surface area (Å²) in [5, 5.41) is 1.79. The summed E-state index contributed by atoms with van der Waals surface area (Å²) in [7, 11) is 0. The number of nitrogens with one attached hydrogen (secondary N) is 1. The van der Waals surface area contributed by atoms with Crippen molar-refractivity contribution in [3.05, 3.63) is 62.5 Å². The van der Waals surface area contributed by atoms with E-state index in [9.17, 15) is 9.59 Å². The van der Waals surface area contributed by atoms with Crippen LogP contribution in [0.3, 0.4) is 0 Å². The molecule has 0 radical (unpaired) electrons. The fraction of sp³-hybridized carbons (Fsp3) is 0.278. The van der Waals surface area contributed by atoms with Gasteiger partial charge in [0.2, 0.25) is 0 Å². The van der Waals surface area contributed by atoms with Crippen LogP contribution >= 0.6 is 22.9 Å². The van der Waals surface area contributed by atoms with Crippen LogP contribution in [-0.2, 0) is 0 Å². The smallest absolute Gasteiger partial charge is 0.260 e. The summed E-state index contributed by atoms with van der Waals surface area (Å²) in [6.45, 7) is 1.27. The molecule has 0 bridgehead atoms. The third kappa shape index (κ3) is 3.19. The van der Waals surface area contributed by atoms with Crippen LogP contribution in [-0.4, -0.2) is 33.9 Å². The molecule has 5 nitrogen and oxygen atoms in total. The lowest BCUT2D eigenvalue weighted by molar-refractivity contribution is 0.0711. The molecule has 1 amide bonds. The molecule has 3 heterocycles. The Kier molecular flexibility index (Phi) is 4.31. The number of pyridine rings is 1. The van der Waals surface area contributed by atoms with Crippen molar-refractivity contribution >= 4 is 39.1 Å². The topological polar surface area (TPSA) is 66.1 Å². The Morgan fingerprint density at radius 1 is 1.28 bits per heavy atom. The average Bonchev–Trinajstić information content (AvgIpc) is 3.05. The molecule has 1 aliphatic rings. The molecule has 4 rings (SSSR count). The molecule has 0 unspecified atom stereocenters. The van der Waals surface area contributed by atoms with E-state index in [1.54, 1.807) is 28.4 Å². The Bertz CT molecular complexity index is 989. The van der Waals surface area contributed by atoms with Crippen molar-refractivity contribution in [2.45, 2.75) is 18.8 Å². The predicted molar refractivity (Wildman–Crippen MR) is 99.6 cm³/mol. The highest BCUT2D eigenvalue weighted by molar-refractivity contribution is 7.18. The van der Waals surface area contributed by atoms with E-state index in [-0.39, 0.29) is 17.0 Å². The number of benzene rings is 1. The highest BCUT2D eigenvalue weighted by Crippen LogP contribution is 2.34. The Labute approximate surface area is 153 Å². The first-order valence-electron chi connectivity index (χ1n) is 8.15. The van der Waals surface area contributed by atoms with Gasteiger partial charge in [-0.05, 0) is 43.2 Å². The second kappa shape index (κ2) is 6.61. The second-order valence-electron chi connectivity index (χ2n) is 6.14. The monoisotopic (exact) mass is 373 g/mol. The van der Waals surface area contributed by atoms with E-state index in [2.05, 4.69) is 4.98 Å². The number of carbonyl (C=O) groups is 1. The van der Waals surface area contributed by atoms with E-state index >= 15 is 0 Å². The molecule has 0 spiro atoms. The van der Waals surface area contributed by atoms with Crippen molar-refractivity contribution in [2.24, 2.45) is 0 Å². The van der Waals surface area contributed by atoms with Gasteiger partial charge < -0.3 is 9.88 Å². The van der Waals surface area contributed by atoms with E-state index in [0.29, 0.717) is 24.0 Å². The SMILES string of the molecule is O=C(c1ccc[nH]c1=O)N1CCC(c2nc3cc(Cl)ccc3s2)CC1. The van der Waals surface area contributed by atoms with Gasteiger partial charge in [0.25, 0.3) is 11.5 Å². The molecule has 0 atom stereocenters. The van der Waals surface area contributed by atoms with Gasteiger partial charge in [-0.25, -0.2) is 4.98 Å². The zero-order chi connectivity index (χ0) is 17.4. The highest BCUT2D eigenvalue weighted by Gasteiger charge is 2.27. The van der Waals surface area contributed by atoms with Crippen LogP contribution < -0.4 is 5.56 Å². The van der Waals surface area contributed by atoms with Gasteiger partial charge in [-0.2, -0.15) is 0 Å². The summed E-state index contributed by atoms with van der Waals surface area (Å²) in [5.74, 6) is 0.144. The maximum Gasteiger partial charge on any atom is 0.260 e. The van der Waals surface area contributed by atoms with Crippen LogP contribution in [0.2, 0.25) is 5.02 Å². The Morgan fingerprint density at radius 3 is 2.84 bits per heavy atom. The van der Waals surface area contributed by atoms with Gasteiger partial charge in [0.1, 0.15) is 5.56 Å². The van der Waals surface area contributed by atoms with Gasteiger partial charge in [0, 0.05) is 30.2 Å². The van der Waals surface area contributed by atoms with E-state index in [1.807, 2.05) is 18.2 Å². The fourth-order valence-corrected chi connectivity index (χ4v) is 4.47. The van der Waals surface area contributed by atoms with E-state index in [4.69, 9.17) is 16.6 Å². The van der Waals surface area contributed by atoms with Crippen LogP contribution in [0.4, 0.5) is 0 Å². The van der Waals surface area contributed by atoms with E-state index < -0.39 is 0 Å². The normalized spacial score (nSPS) is 15.6. The van der Waals surface area contributed by atoms with Gasteiger partial charge in [-0.1, -0.05) is 11.6 Å². The molecule has 0 aliphatic carbocycles. The quantitative estimate of drug-likeness (QED) is 0.745. The molecular weight excluding hydrogens is 358 g/mol. The number of hydrogen-bond acceptors (Lipinski definition) is 4. The minimum atomic E-state index is -0.335. The molecule has 1 saturated heterocycles. The van der Waals surface area contributed by atoms with Gasteiger partial charge >= 0.3 is 0 Å². The first kappa shape index (κ1) is 16.3. The average molecular weight is 374 g/mol. The molecule has 7 heteroatoms. The third-order valence-electron chi connectivity index (χ3n) is 4.55. The van der Waals surface area contributed by atoms with Crippen LogP contribution in [0.5, 0.6) is 0 Å². The summed E-state index contributed by atoms with van der Waals surface area (Å²) < 4.78 is 1.13. The Morgan fingerprint density at radius 2 is 2.08 bits per heavy atom. The number of aromatic nitrogens is 2. The molecule has 1 aromatic carbocycles. The van der Waals surface area contributed by atoms with Crippen molar-refractivity contribution in [3.8, 4) is 0 Å². The number of hydrogen-bond donors (Lipinski definition) is 1. The van der Waals surface area contributed by atoms with Crippen LogP contribution in [0.1, 0.15) is 34.1 Å². The van der Waals surface area contributed by atoms with Crippen LogP contribution in [0, 0.1) is 0 Å². The number of piperidine rings is 1. The zero-order valence-electron chi connectivity index (χ0n) is 13.4. The molecular formula is C18H16ClN3O2S. The number of amides is 1. The first-order valence-corrected chi connectivity index (χ1v) is 9.34. The molecule has 128 valence electrons. The zero-order valence-corrected chi connectivity index (χ0v) is 14.9. The lowest BCUT2D eigenvalue weighted by atomic mass is 9.97. The number of aromatic amines is 1. The van der Waals surface area contributed by atoms with E-state index in [0.717, 1.165) is 28.1 Å². The molecule has 1 fully saturated rings. The predicted octanol–water partition coefficient (Wildman–Crippen LogP) is 3.66. The number of rotatable bonds is 2. The number of nitrogens with zero attached hydrogens (tertiary/aromatic N) is 2. The third-order valence-corrected chi connectivity index (χ3v) is 5.98. The van der Waals surface area contributed by atoms with E-state index in [1.165, 1.54) is 6.20 Å². The van der Waals surface area contributed by atoms with Gasteiger partial charge in [0.05, 0.1) is 15.2 Å². The Balaban J connectivity index is 1.48. The van der Waals surface area contributed by atoms with Crippen LogP contribution in [0.15, 0.2) is 41.3 Å². The summed E-state index contributed by atoms with van der Waals surface area (Å²) in [4.78, 5) is 33.3. The number of thiazole rings is 1. The molecule has 3 aromatic rings. The summed E-state index contributed by atoms with van der Waals surface area (Å²) >= 11 is 7.72. The molecule has 2 aromatic heterocycles. The maximum atomic E-state index is 12.5. The Hall–Kier alpha value is -2.18. The van der Waals surface area contributed by atoms with Crippen molar-refractivity contribution in [1.82, 2.24) is 14.9 Å². The minimum Gasteiger partial charge on any atom is -0.338 e. The number of carbonyl (C=O) groups excluding carboxylic acids is 1. The second-order valence-corrected chi connectivity index (χ2v) is 7.64. The van der Waals surface area contributed by atoms with Crippen molar-refractivity contribution in [2.75, 3.05) is 13.1 Å². The maximum absolute atomic E-state index is 12.5. The summed E-state index contributed by atoms with van der Waals surface area (Å²) in [6, 6.07) is 9.01. The van der Waals surface area contributed by atoms with Gasteiger partial charge in [-0.15, -0.1) is 11.3 Å².